The lowest BCUT2D eigenvalue weighted by atomic mass is 10.1. The van der Waals surface area contributed by atoms with E-state index < -0.39 is 42.5 Å². The number of aromatic nitrogens is 2. The third kappa shape index (κ3) is 6.54. The predicted octanol–water partition coefficient (Wildman–Crippen LogP) is -2.74. The highest BCUT2D eigenvalue weighted by molar-refractivity contribution is 5.94. The van der Waals surface area contributed by atoms with Gasteiger partial charge in [0, 0.05) is 18.3 Å². The summed E-state index contributed by atoms with van der Waals surface area (Å²) in [4.78, 5) is 54.6. The molecule has 0 aromatic carbocycles. The number of carbonyl (C=O) groups is 4. The SMILES string of the molecule is CC(NC(=O)C1CCCN1)C(=O)NC(CO)C(=O)NC(Cc1cnc[nH]1)C(=O)O. The highest BCUT2D eigenvalue weighted by atomic mass is 16.4. The Bertz CT molecular complexity index is 718. The standard InChI is InChI=1S/C17H26N6O6/c1-9(21-15(26)11-3-2-4-19-11)14(25)23-13(7-24)16(27)22-12(17(28)29)5-10-6-18-8-20-10/h6,8-9,11-13,19,24H,2-5,7H2,1H3,(H,18,20)(H,21,26)(H,22,27)(H,23,25)(H,28,29). The second-order valence-corrected chi connectivity index (χ2v) is 6.80. The van der Waals surface area contributed by atoms with Gasteiger partial charge in [-0.3, -0.25) is 14.4 Å². The van der Waals surface area contributed by atoms with Gasteiger partial charge in [-0.1, -0.05) is 0 Å². The summed E-state index contributed by atoms with van der Waals surface area (Å²) < 4.78 is 0. The van der Waals surface area contributed by atoms with Gasteiger partial charge in [-0.05, 0) is 26.3 Å². The number of aliphatic hydroxyl groups is 1. The monoisotopic (exact) mass is 410 g/mol. The lowest BCUT2D eigenvalue weighted by molar-refractivity contribution is -0.142. The fraction of sp³-hybridized carbons (Fsp3) is 0.588. The van der Waals surface area contributed by atoms with E-state index in [9.17, 15) is 29.4 Å². The molecule has 1 fully saturated rings. The van der Waals surface area contributed by atoms with Gasteiger partial charge in [0.2, 0.25) is 17.7 Å². The maximum Gasteiger partial charge on any atom is 0.326 e. The van der Waals surface area contributed by atoms with E-state index in [1.54, 1.807) is 0 Å². The Morgan fingerprint density at radius 2 is 1.93 bits per heavy atom. The summed E-state index contributed by atoms with van der Waals surface area (Å²) in [5.74, 6) is -3.13. The van der Waals surface area contributed by atoms with Crippen molar-refractivity contribution < 1.29 is 29.4 Å². The third-order valence-corrected chi connectivity index (χ3v) is 4.54. The molecule has 12 nitrogen and oxygen atoms in total. The molecule has 3 amide bonds. The predicted molar refractivity (Wildman–Crippen MR) is 99.5 cm³/mol. The van der Waals surface area contributed by atoms with Crippen molar-refractivity contribution in [2.75, 3.05) is 13.2 Å². The number of carboxylic acid groups (broad SMARTS) is 1. The van der Waals surface area contributed by atoms with E-state index in [-0.39, 0.29) is 18.4 Å². The largest absolute Gasteiger partial charge is 0.480 e. The Balaban J connectivity index is 1.89. The van der Waals surface area contributed by atoms with Crippen LogP contribution in [0.4, 0.5) is 0 Å². The Kier molecular flexibility index (Phi) is 8.09. The summed E-state index contributed by atoms with van der Waals surface area (Å²) >= 11 is 0. The summed E-state index contributed by atoms with van der Waals surface area (Å²) in [6.07, 6.45) is 4.30. The maximum absolute atomic E-state index is 12.3. The lowest BCUT2D eigenvalue weighted by Gasteiger charge is -2.22. The van der Waals surface area contributed by atoms with Gasteiger partial charge in [0.1, 0.15) is 18.1 Å². The summed E-state index contributed by atoms with van der Waals surface area (Å²) in [5, 5.41) is 28.9. The molecule has 1 aromatic rings. The number of nitrogens with one attached hydrogen (secondary N) is 5. The molecule has 2 rings (SSSR count). The van der Waals surface area contributed by atoms with Gasteiger partial charge < -0.3 is 36.5 Å². The number of hydrogen-bond donors (Lipinski definition) is 7. The van der Waals surface area contributed by atoms with Gasteiger partial charge in [-0.25, -0.2) is 9.78 Å². The fourth-order valence-corrected chi connectivity index (χ4v) is 2.87. The van der Waals surface area contributed by atoms with E-state index in [0.717, 1.165) is 13.0 Å². The molecule has 0 radical (unpaired) electrons. The number of aliphatic hydroxyl groups excluding tert-OH is 1. The lowest BCUT2D eigenvalue weighted by Crippen LogP contribution is -2.57. The zero-order valence-electron chi connectivity index (χ0n) is 16.0. The molecule has 0 aliphatic carbocycles. The van der Waals surface area contributed by atoms with Crippen molar-refractivity contribution in [3.05, 3.63) is 18.2 Å². The van der Waals surface area contributed by atoms with E-state index >= 15 is 0 Å². The Labute approximate surface area is 166 Å². The van der Waals surface area contributed by atoms with Gasteiger partial charge in [0.15, 0.2) is 0 Å². The van der Waals surface area contributed by atoms with E-state index in [2.05, 4.69) is 31.2 Å². The normalized spacial score (nSPS) is 19.0. The summed E-state index contributed by atoms with van der Waals surface area (Å²) in [6.45, 7) is 1.44. The Morgan fingerprint density at radius 1 is 1.21 bits per heavy atom. The molecule has 1 saturated heterocycles. The van der Waals surface area contributed by atoms with Crippen molar-refractivity contribution in [3.8, 4) is 0 Å². The van der Waals surface area contributed by atoms with Crippen molar-refractivity contribution in [2.45, 2.75) is 50.4 Å². The molecule has 1 aromatic heterocycles. The van der Waals surface area contributed by atoms with Gasteiger partial charge in [0.25, 0.3) is 0 Å². The van der Waals surface area contributed by atoms with Crippen molar-refractivity contribution in [3.63, 3.8) is 0 Å². The molecule has 0 bridgehead atoms. The van der Waals surface area contributed by atoms with E-state index in [1.165, 1.54) is 19.4 Å². The van der Waals surface area contributed by atoms with Crippen LogP contribution in [0.15, 0.2) is 12.5 Å². The highest BCUT2D eigenvalue weighted by Crippen LogP contribution is 2.05. The van der Waals surface area contributed by atoms with Crippen LogP contribution in [-0.4, -0.2) is 81.2 Å². The quantitative estimate of drug-likeness (QED) is 0.216. The first kappa shape index (κ1) is 22.3. The van der Waals surface area contributed by atoms with Crippen LogP contribution in [0.5, 0.6) is 0 Å². The van der Waals surface area contributed by atoms with E-state index in [0.29, 0.717) is 12.1 Å². The van der Waals surface area contributed by atoms with Crippen LogP contribution in [0, 0.1) is 0 Å². The maximum atomic E-state index is 12.3. The first-order valence-electron chi connectivity index (χ1n) is 9.27. The molecule has 0 saturated carbocycles. The van der Waals surface area contributed by atoms with Gasteiger partial charge in [-0.2, -0.15) is 0 Å². The van der Waals surface area contributed by atoms with Crippen LogP contribution >= 0.6 is 0 Å². The number of rotatable bonds is 10. The molecule has 1 aliphatic heterocycles. The van der Waals surface area contributed by atoms with Gasteiger partial charge in [0.05, 0.1) is 19.0 Å². The van der Waals surface area contributed by atoms with Gasteiger partial charge >= 0.3 is 5.97 Å². The molecule has 29 heavy (non-hydrogen) atoms. The second kappa shape index (κ2) is 10.5. The first-order chi connectivity index (χ1) is 13.8. The van der Waals surface area contributed by atoms with E-state index in [1.807, 2.05) is 0 Å². The molecule has 2 heterocycles. The zero-order valence-corrected chi connectivity index (χ0v) is 16.0. The average molecular weight is 410 g/mol. The second-order valence-electron chi connectivity index (χ2n) is 6.80. The van der Waals surface area contributed by atoms with Crippen molar-refractivity contribution in [2.24, 2.45) is 0 Å². The number of aliphatic carboxylic acids is 1. The molecule has 160 valence electrons. The average Bonchev–Trinajstić information content (AvgIpc) is 3.38. The summed E-state index contributed by atoms with van der Waals surface area (Å²) in [6, 6.07) is -3.94. The van der Waals surface area contributed by atoms with E-state index in [4.69, 9.17) is 0 Å². The van der Waals surface area contributed by atoms with Crippen molar-refractivity contribution in [1.82, 2.24) is 31.2 Å². The minimum atomic E-state index is -1.37. The van der Waals surface area contributed by atoms with Crippen LogP contribution in [0.3, 0.4) is 0 Å². The molecule has 12 heteroatoms. The molecular weight excluding hydrogens is 384 g/mol. The van der Waals surface area contributed by atoms with Crippen LogP contribution < -0.4 is 21.3 Å². The highest BCUT2D eigenvalue weighted by Gasteiger charge is 2.29. The minimum absolute atomic E-state index is 0.0476. The topological polar surface area (TPSA) is 186 Å². The number of carbonyl (C=O) groups excluding carboxylic acids is 3. The first-order valence-corrected chi connectivity index (χ1v) is 9.27. The Hall–Kier alpha value is -2.99. The van der Waals surface area contributed by atoms with Gasteiger partial charge in [-0.15, -0.1) is 0 Å². The molecular formula is C17H26N6O6. The number of imidazole rings is 1. The number of aromatic amines is 1. The Morgan fingerprint density at radius 3 is 2.48 bits per heavy atom. The molecule has 0 spiro atoms. The van der Waals surface area contributed by atoms with Crippen LogP contribution in [0.1, 0.15) is 25.5 Å². The molecule has 4 atom stereocenters. The molecule has 7 N–H and O–H groups in total. The zero-order chi connectivity index (χ0) is 21.4. The number of carboxylic acids is 1. The number of hydrogen-bond acceptors (Lipinski definition) is 7. The summed E-state index contributed by atoms with van der Waals surface area (Å²) in [5.41, 5.74) is 0.499. The number of H-pyrrole nitrogens is 1. The number of amides is 3. The summed E-state index contributed by atoms with van der Waals surface area (Å²) in [7, 11) is 0. The fourth-order valence-electron chi connectivity index (χ4n) is 2.87. The number of nitrogens with zero attached hydrogens (tertiary/aromatic N) is 1. The smallest absolute Gasteiger partial charge is 0.326 e. The van der Waals surface area contributed by atoms with Crippen LogP contribution in [-0.2, 0) is 25.6 Å². The third-order valence-electron chi connectivity index (χ3n) is 4.54. The molecule has 4 unspecified atom stereocenters. The minimum Gasteiger partial charge on any atom is -0.480 e. The molecule has 1 aliphatic rings. The van der Waals surface area contributed by atoms with Crippen molar-refractivity contribution >= 4 is 23.7 Å². The van der Waals surface area contributed by atoms with Crippen LogP contribution in [0.2, 0.25) is 0 Å². The van der Waals surface area contributed by atoms with Crippen LogP contribution in [0.25, 0.3) is 0 Å². The van der Waals surface area contributed by atoms with Crippen molar-refractivity contribution in [1.29, 1.82) is 0 Å².